The molecule has 1 amide bonds. The van der Waals surface area contributed by atoms with Crippen molar-refractivity contribution in [3.63, 3.8) is 0 Å². The third-order valence-electron chi connectivity index (χ3n) is 13.3. The van der Waals surface area contributed by atoms with E-state index in [0.717, 1.165) is 64.2 Å². The van der Waals surface area contributed by atoms with Gasteiger partial charge in [-0.2, -0.15) is 0 Å². The monoisotopic (exact) mass is 958 g/mol. The molecule has 7 atom stereocenters. The Hall–Kier alpha value is -2.11. The van der Waals surface area contributed by atoms with Crippen LogP contribution < -0.4 is 5.32 Å². The Morgan fingerprint density at radius 2 is 0.912 bits per heavy atom. The van der Waals surface area contributed by atoms with E-state index < -0.39 is 49.5 Å². The van der Waals surface area contributed by atoms with Crippen molar-refractivity contribution in [2.75, 3.05) is 13.2 Å². The molecule has 9 heteroatoms. The lowest BCUT2D eigenvalue weighted by Gasteiger charge is -2.40. The number of allylic oxidation sites excluding steroid dienone is 9. The second-order valence-electron chi connectivity index (χ2n) is 19.7. The molecule has 0 aromatic heterocycles. The summed E-state index contributed by atoms with van der Waals surface area (Å²) in [6, 6.07) is -0.799. The Morgan fingerprint density at radius 1 is 0.515 bits per heavy atom. The number of rotatable bonds is 48. The lowest BCUT2D eigenvalue weighted by molar-refractivity contribution is -0.302. The number of aliphatic hydroxyl groups is 5. The van der Waals surface area contributed by atoms with Crippen molar-refractivity contribution in [1.29, 1.82) is 0 Å². The van der Waals surface area contributed by atoms with Gasteiger partial charge in [-0.25, -0.2) is 0 Å². The van der Waals surface area contributed by atoms with Gasteiger partial charge in [-0.1, -0.05) is 254 Å². The van der Waals surface area contributed by atoms with E-state index >= 15 is 0 Å². The van der Waals surface area contributed by atoms with Crippen LogP contribution in [0.5, 0.6) is 0 Å². The average Bonchev–Trinajstić information content (AvgIpc) is 3.34. The number of aliphatic hydroxyl groups excluding tert-OH is 5. The zero-order chi connectivity index (χ0) is 49.4. The number of unbranched alkanes of at least 4 members (excludes halogenated alkanes) is 30. The van der Waals surface area contributed by atoms with E-state index in [9.17, 15) is 30.3 Å². The van der Waals surface area contributed by atoms with E-state index in [2.05, 4.69) is 67.8 Å². The van der Waals surface area contributed by atoms with Gasteiger partial charge in [0, 0.05) is 6.42 Å². The van der Waals surface area contributed by atoms with Crippen molar-refractivity contribution in [2.45, 2.75) is 294 Å². The number of nitrogens with one attached hydrogen (secondary N) is 1. The predicted octanol–water partition coefficient (Wildman–Crippen LogP) is 13.9. The second kappa shape index (κ2) is 48.5. The first-order valence-electron chi connectivity index (χ1n) is 28.5. The fourth-order valence-electron chi connectivity index (χ4n) is 8.84. The first-order chi connectivity index (χ1) is 33.3. The molecule has 6 N–H and O–H groups in total. The number of amides is 1. The molecule has 0 saturated carbocycles. The van der Waals surface area contributed by atoms with Crippen molar-refractivity contribution in [3.8, 4) is 0 Å². The van der Waals surface area contributed by atoms with Gasteiger partial charge in [-0.3, -0.25) is 4.79 Å². The highest BCUT2D eigenvalue weighted by Gasteiger charge is 2.44. The number of hydrogen-bond donors (Lipinski definition) is 6. The predicted molar refractivity (Wildman–Crippen MR) is 286 cm³/mol. The maximum atomic E-state index is 12.8. The Bertz CT molecular complexity index is 1250. The van der Waals surface area contributed by atoms with Crippen molar-refractivity contribution in [3.05, 3.63) is 60.8 Å². The maximum absolute atomic E-state index is 12.8. The first-order valence-corrected chi connectivity index (χ1v) is 28.5. The SMILES string of the molecule is CC/C=C\C/C=C\C/C=C\C/C=C\CCCCCCCCCCCCCCCCCCCCCCCCCCCCCCC(=O)NC(COC1OC(CO)C(O)C(O)C1O)C(O)/C=C/CCCC. The zero-order valence-electron chi connectivity index (χ0n) is 43.9. The molecule has 1 heterocycles. The first kappa shape index (κ1) is 63.9. The summed E-state index contributed by atoms with van der Waals surface area (Å²) in [5.41, 5.74) is 0. The van der Waals surface area contributed by atoms with Gasteiger partial charge >= 0.3 is 0 Å². The van der Waals surface area contributed by atoms with Gasteiger partial charge in [0.2, 0.25) is 5.91 Å². The van der Waals surface area contributed by atoms with Gasteiger partial charge in [-0.05, 0) is 51.4 Å². The molecule has 0 spiro atoms. The summed E-state index contributed by atoms with van der Waals surface area (Å²) in [5, 5.41) is 53.7. The van der Waals surface area contributed by atoms with Crippen molar-refractivity contribution < 1.29 is 39.8 Å². The van der Waals surface area contributed by atoms with Crippen LogP contribution in [0.2, 0.25) is 0 Å². The summed E-state index contributed by atoms with van der Waals surface area (Å²) < 4.78 is 11.1. The van der Waals surface area contributed by atoms with Crippen LogP contribution in [0.15, 0.2) is 60.8 Å². The minimum absolute atomic E-state index is 0.183. The van der Waals surface area contributed by atoms with Gasteiger partial charge < -0.3 is 40.3 Å². The summed E-state index contributed by atoms with van der Waals surface area (Å²) in [4.78, 5) is 12.8. The molecule has 1 aliphatic heterocycles. The van der Waals surface area contributed by atoms with E-state index in [1.165, 1.54) is 167 Å². The fraction of sp³-hybridized carbons (Fsp3) is 0.814. The van der Waals surface area contributed by atoms with E-state index in [1.54, 1.807) is 6.08 Å². The summed E-state index contributed by atoms with van der Waals surface area (Å²) in [7, 11) is 0. The molecule has 0 bridgehead atoms. The minimum Gasteiger partial charge on any atom is -0.394 e. The molecular weight excluding hydrogens is 851 g/mol. The van der Waals surface area contributed by atoms with E-state index in [0.29, 0.717) is 6.42 Å². The van der Waals surface area contributed by atoms with Crippen molar-refractivity contribution >= 4 is 5.91 Å². The minimum atomic E-state index is -1.56. The normalized spacial score (nSPS) is 20.0. The average molecular weight is 959 g/mol. The van der Waals surface area contributed by atoms with Crippen LogP contribution in [-0.2, 0) is 14.3 Å². The highest BCUT2D eigenvalue weighted by molar-refractivity contribution is 5.76. The molecule has 1 aliphatic rings. The summed E-state index contributed by atoms with van der Waals surface area (Å²) >= 11 is 0. The van der Waals surface area contributed by atoms with Crippen LogP contribution in [0.3, 0.4) is 0 Å². The van der Waals surface area contributed by atoms with Gasteiger partial charge in [0.25, 0.3) is 0 Å². The standard InChI is InChI=1S/C59H107NO8/c1-3-5-7-9-10-11-12-13-14-15-16-17-18-19-20-21-22-23-24-25-26-27-28-29-30-31-32-33-34-35-36-37-38-39-40-41-42-43-44-45-47-49-55(63)60-52(53(62)48-46-8-6-4-2)51-67-59-58(66)57(65)56(64)54(50-61)68-59/h5,7,10-11,13-14,16-17,46,48,52-54,56-59,61-62,64-66H,3-4,6,8-9,12,15,18-45,47,49-51H2,1-2H3,(H,60,63)/b7-5-,11-10-,14-13-,17-16-,48-46+. The number of hydrogen-bond acceptors (Lipinski definition) is 8. The van der Waals surface area contributed by atoms with Crippen LogP contribution in [0.25, 0.3) is 0 Å². The molecule has 396 valence electrons. The third kappa shape index (κ3) is 37.7. The zero-order valence-corrected chi connectivity index (χ0v) is 43.9. The molecular formula is C59H107NO8. The van der Waals surface area contributed by atoms with Crippen LogP contribution >= 0.6 is 0 Å². The Morgan fingerprint density at radius 3 is 1.34 bits per heavy atom. The number of carbonyl (C=O) groups excluding carboxylic acids is 1. The van der Waals surface area contributed by atoms with Gasteiger partial charge in [-0.15, -0.1) is 0 Å². The van der Waals surface area contributed by atoms with Crippen LogP contribution in [0, 0.1) is 0 Å². The summed E-state index contributed by atoms with van der Waals surface area (Å²) in [6.07, 6.45) is 59.8. The topological polar surface area (TPSA) is 149 Å². The summed E-state index contributed by atoms with van der Waals surface area (Å²) in [6.45, 7) is 3.51. The number of ether oxygens (including phenoxy) is 2. The largest absolute Gasteiger partial charge is 0.394 e. The molecule has 0 aliphatic carbocycles. The molecule has 68 heavy (non-hydrogen) atoms. The Balaban J connectivity index is 1.89. The molecule has 9 nitrogen and oxygen atoms in total. The lowest BCUT2D eigenvalue weighted by atomic mass is 9.99. The maximum Gasteiger partial charge on any atom is 0.220 e. The smallest absolute Gasteiger partial charge is 0.220 e. The van der Waals surface area contributed by atoms with Gasteiger partial charge in [0.1, 0.15) is 24.4 Å². The molecule has 0 aromatic rings. The van der Waals surface area contributed by atoms with Crippen molar-refractivity contribution in [2.24, 2.45) is 0 Å². The highest BCUT2D eigenvalue weighted by atomic mass is 16.7. The third-order valence-corrected chi connectivity index (χ3v) is 13.3. The molecule has 7 unspecified atom stereocenters. The van der Waals surface area contributed by atoms with E-state index in [-0.39, 0.29) is 12.5 Å². The molecule has 0 aromatic carbocycles. The van der Waals surface area contributed by atoms with Crippen molar-refractivity contribution in [1.82, 2.24) is 5.32 Å². The lowest BCUT2D eigenvalue weighted by Crippen LogP contribution is -2.60. The summed E-state index contributed by atoms with van der Waals surface area (Å²) in [5.74, 6) is -0.183. The quantitative estimate of drug-likeness (QED) is 0.0261. The molecule has 0 radical (unpaired) electrons. The number of carbonyl (C=O) groups is 1. The van der Waals surface area contributed by atoms with Crippen LogP contribution in [0.4, 0.5) is 0 Å². The van der Waals surface area contributed by atoms with Crippen LogP contribution in [-0.4, -0.2) is 87.5 Å². The Kier molecular flexibility index (Phi) is 45.6. The molecule has 1 fully saturated rings. The fourth-order valence-corrected chi connectivity index (χ4v) is 8.84. The Labute approximate surface area is 417 Å². The highest BCUT2D eigenvalue weighted by Crippen LogP contribution is 2.23. The second-order valence-corrected chi connectivity index (χ2v) is 19.7. The molecule has 1 saturated heterocycles. The van der Waals surface area contributed by atoms with Gasteiger partial charge in [0.15, 0.2) is 6.29 Å². The van der Waals surface area contributed by atoms with E-state index in [1.807, 2.05) is 6.08 Å². The van der Waals surface area contributed by atoms with Crippen LogP contribution in [0.1, 0.15) is 251 Å². The molecule has 1 rings (SSSR count). The van der Waals surface area contributed by atoms with E-state index in [4.69, 9.17) is 9.47 Å². The van der Waals surface area contributed by atoms with Gasteiger partial charge in [0.05, 0.1) is 25.4 Å².